The van der Waals surface area contributed by atoms with E-state index in [-0.39, 0.29) is 23.6 Å². The van der Waals surface area contributed by atoms with E-state index >= 15 is 0 Å². The van der Waals surface area contributed by atoms with Gasteiger partial charge in [-0.15, -0.1) is 0 Å². The van der Waals surface area contributed by atoms with E-state index in [2.05, 4.69) is 15.6 Å². The fourth-order valence-corrected chi connectivity index (χ4v) is 2.93. The van der Waals surface area contributed by atoms with Gasteiger partial charge in [-0.1, -0.05) is 31.0 Å². The average Bonchev–Trinajstić information content (AvgIpc) is 3.10. The molecule has 124 valence electrons. The molecule has 0 unspecified atom stereocenters. The number of aromatic nitrogens is 1. The van der Waals surface area contributed by atoms with E-state index in [1.54, 1.807) is 6.07 Å². The number of benzene rings is 1. The van der Waals surface area contributed by atoms with Crippen LogP contribution in [0.15, 0.2) is 42.6 Å². The molecule has 1 aromatic carbocycles. The third-order valence-corrected chi connectivity index (χ3v) is 4.34. The van der Waals surface area contributed by atoms with Gasteiger partial charge in [0.25, 0.3) is 11.8 Å². The summed E-state index contributed by atoms with van der Waals surface area (Å²) in [5, 5.41) is 5.85. The number of aryl methyl sites for hydroxylation is 1. The minimum Gasteiger partial charge on any atom is -0.348 e. The van der Waals surface area contributed by atoms with Crippen molar-refractivity contribution in [2.75, 3.05) is 5.32 Å². The summed E-state index contributed by atoms with van der Waals surface area (Å²) in [6, 6.07) is 10.9. The van der Waals surface area contributed by atoms with Crippen LogP contribution in [-0.2, 0) is 0 Å². The molecular formula is C19H21N3O2. The normalized spacial score (nSPS) is 14.4. The van der Waals surface area contributed by atoms with Gasteiger partial charge in [0.05, 0.1) is 0 Å². The molecular weight excluding hydrogens is 302 g/mol. The van der Waals surface area contributed by atoms with Gasteiger partial charge >= 0.3 is 0 Å². The van der Waals surface area contributed by atoms with Crippen LogP contribution in [0.2, 0.25) is 0 Å². The predicted molar refractivity (Wildman–Crippen MR) is 93.1 cm³/mol. The molecule has 0 aliphatic heterocycles. The van der Waals surface area contributed by atoms with Crippen LogP contribution >= 0.6 is 0 Å². The van der Waals surface area contributed by atoms with Gasteiger partial charge in [-0.05, 0) is 43.5 Å². The maximum absolute atomic E-state index is 12.4. The van der Waals surface area contributed by atoms with Crippen molar-refractivity contribution >= 4 is 17.5 Å². The zero-order chi connectivity index (χ0) is 16.9. The Kier molecular flexibility index (Phi) is 4.89. The number of hydrogen-bond donors (Lipinski definition) is 2. The summed E-state index contributed by atoms with van der Waals surface area (Å²) in [5.74, 6) is -0.464. The number of carbonyl (C=O) groups excluding carboxylic acids is 2. The zero-order valence-corrected chi connectivity index (χ0v) is 13.7. The van der Waals surface area contributed by atoms with Gasteiger partial charge in [-0.3, -0.25) is 14.6 Å². The molecule has 1 saturated carbocycles. The number of rotatable bonds is 4. The molecule has 1 heterocycles. The Labute approximate surface area is 141 Å². The third kappa shape index (κ3) is 3.79. The molecule has 0 spiro atoms. The second-order valence-corrected chi connectivity index (χ2v) is 6.15. The van der Waals surface area contributed by atoms with Gasteiger partial charge < -0.3 is 10.6 Å². The Hall–Kier alpha value is -2.69. The average molecular weight is 323 g/mol. The summed E-state index contributed by atoms with van der Waals surface area (Å²) in [5.41, 5.74) is 2.44. The molecule has 2 N–H and O–H groups in total. The summed E-state index contributed by atoms with van der Waals surface area (Å²) < 4.78 is 0. The number of para-hydroxylation sites is 1. The molecule has 1 aliphatic carbocycles. The minimum absolute atomic E-state index is 0.215. The van der Waals surface area contributed by atoms with Crippen LogP contribution < -0.4 is 10.6 Å². The second-order valence-electron chi connectivity index (χ2n) is 6.15. The van der Waals surface area contributed by atoms with Crippen molar-refractivity contribution in [1.29, 1.82) is 0 Å². The molecule has 0 atom stereocenters. The molecule has 1 fully saturated rings. The Morgan fingerprint density at radius 2 is 1.83 bits per heavy atom. The molecule has 1 aliphatic rings. The standard InChI is InChI=1S/C19H21N3O2/c1-13-6-2-5-9-16(13)22-18(23)14-10-11-20-17(12-14)19(24)21-15-7-3-4-8-15/h2,5-6,9-12,15H,3-4,7-8H2,1H3,(H,21,24)(H,22,23). The van der Waals surface area contributed by atoms with Gasteiger partial charge in [-0.25, -0.2) is 0 Å². The fourth-order valence-electron chi connectivity index (χ4n) is 2.93. The van der Waals surface area contributed by atoms with E-state index in [0.29, 0.717) is 5.56 Å². The molecule has 24 heavy (non-hydrogen) atoms. The van der Waals surface area contributed by atoms with Crippen LogP contribution in [0.3, 0.4) is 0 Å². The second kappa shape index (κ2) is 7.25. The van der Waals surface area contributed by atoms with Crippen LogP contribution in [0.1, 0.15) is 52.1 Å². The molecule has 5 nitrogen and oxygen atoms in total. The van der Waals surface area contributed by atoms with Crippen molar-refractivity contribution < 1.29 is 9.59 Å². The first-order valence-corrected chi connectivity index (χ1v) is 8.27. The van der Waals surface area contributed by atoms with E-state index in [0.717, 1.165) is 36.9 Å². The highest BCUT2D eigenvalue weighted by Crippen LogP contribution is 2.18. The lowest BCUT2D eigenvalue weighted by Crippen LogP contribution is -2.33. The van der Waals surface area contributed by atoms with Crippen molar-refractivity contribution in [3.05, 3.63) is 59.4 Å². The van der Waals surface area contributed by atoms with Gasteiger partial charge in [0.1, 0.15) is 5.69 Å². The molecule has 1 aromatic heterocycles. The smallest absolute Gasteiger partial charge is 0.270 e. The van der Waals surface area contributed by atoms with Crippen LogP contribution in [0.5, 0.6) is 0 Å². The molecule has 0 saturated heterocycles. The molecule has 0 radical (unpaired) electrons. The molecule has 0 bridgehead atoms. The first-order valence-electron chi connectivity index (χ1n) is 8.27. The summed E-state index contributed by atoms with van der Waals surface area (Å²) in [6.07, 6.45) is 5.82. The van der Waals surface area contributed by atoms with Crippen molar-refractivity contribution in [3.63, 3.8) is 0 Å². The largest absolute Gasteiger partial charge is 0.348 e. The van der Waals surface area contributed by atoms with Crippen LogP contribution in [0.25, 0.3) is 0 Å². The third-order valence-electron chi connectivity index (χ3n) is 4.34. The predicted octanol–water partition coefficient (Wildman–Crippen LogP) is 3.31. The van der Waals surface area contributed by atoms with E-state index in [1.165, 1.54) is 12.3 Å². The monoisotopic (exact) mass is 323 g/mol. The van der Waals surface area contributed by atoms with Crippen molar-refractivity contribution in [2.45, 2.75) is 38.6 Å². The zero-order valence-electron chi connectivity index (χ0n) is 13.7. The van der Waals surface area contributed by atoms with Crippen molar-refractivity contribution in [2.24, 2.45) is 0 Å². The lowest BCUT2D eigenvalue weighted by atomic mass is 10.1. The van der Waals surface area contributed by atoms with E-state index < -0.39 is 0 Å². The van der Waals surface area contributed by atoms with E-state index in [9.17, 15) is 9.59 Å². The van der Waals surface area contributed by atoms with Crippen molar-refractivity contribution in [1.82, 2.24) is 10.3 Å². The lowest BCUT2D eigenvalue weighted by molar-refractivity contribution is 0.0933. The summed E-state index contributed by atoms with van der Waals surface area (Å²) in [7, 11) is 0. The van der Waals surface area contributed by atoms with Crippen LogP contribution in [0.4, 0.5) is 5.69 Å². The maximum Gasteiger partial charge on any atom is 0.270 e. The Bertz CT molecular complexity index is 752. The highest BCUT2D eigenvalue weighted by atomic mass is 16.2. The minimum atomic E-state index is -0.249. The summed E-state index contributed by atoms with van der Waals surface area (Å²) in [6.45, 7) is 1.93. The number of anilines is 1. The number of amides is 2. The van der Waals surface area contributed by atoms with E-state index in [1.807, 2.05) is 31.2 Å². The van der Waals surface area contributed by atoms with Gasteiger partial charge in [-0.2, -0.15) is 0 Å². The quantitative estimate of drug-likeness (QED) is 0.907. The Morgan fingerprint density at radius 3 is 2.58 bits per heavy atom. The summed E-state index contributed by atoms with van der Waals surface area (Å²) >= 11 is 0. The first kappa shape index (κ1) is 16.2. The van der Waals surface area contributed by atoms with Crippen molar-refractivity contribution in [3.8, 4) is 0 Å². The van der Waals surface area contributed by atoms with E-state index in [4.69, 9.17) is 0 Å². The van der Waals surface area contributed by atoms with Gasteiger partial charge in [0, 0.05) is 23.5 Å². The lowest BCUT2D eigenvalue weighted by Gasteiger charge is -2.12. The SMILES string of the molecule is Cc1ccccc1NC(=O)c1ccnc(C(=O)NC2CCCC2)c1. The number of carbonyl (C=O) groups is 2. The molecule has 2 amide bonds. The Balaban J connectivity index is 1.71. The Morgan fingerprint density at radius 1 is 1.08 bits per heavy atom. The highest BCUT2D eigenvalue weighted by molar-refractivity contribution is 6.06. The first-order chi connectivity index (χ1) is 11.6. The maximum atomic E-state index is 12.4. The summed E-state index contributed by atoms with van der Waals surface area (Å²) in [4.78, 5) is 28.8. The van der Waals surface area contributed by atoms with Crippen LogP contribution in [0, 0.1) is 6.92 Å². The van der Waals surface area contributed by atoms with Gasteiger partial charge in [0.2, 0.25) is 0 Å². The number of nitrogens with one attached hydrogen (secondary N) is 2. The topological polar surface area (TPSA) is 71.1 Å². The fraction of sp³-hybridized carbons (Fsp3) is 0.316. The van der Waals surface area contributed by atoms with Gasteiger partial charge in [0.15, 0.2) is 0 Å². The van der Waals surface area contributed by atoms with Crippen LogP contribution in [-0.4, -0.2) is 22.8 Å². The number of nitrogens with zero attached hydrogens (tertiary/aromatic N) is 1. The highest BCUT2D eigenvalue weighted by Gasteiger charge is 2.19. The molecule has 5 heteroatoms. The number of pyridine rings is 1. The number of hydrogen-bond acceptors (Lipinski definition) is 3. The molecule has 3 rings (SSSR count). The molecule has 2 aromatic rings.